The highest BCUT2D eigenvalue weighted by molar-refractivity contribution is 6.31. The van der Waals surface area contributed by atoms with Crippen molar-refractivity contribution in [3.8, 4) is 17.2 Å². The van der Waals surface area contributed by atoms with Crippen LogP contribution in [0.2, 0.25) is 5.02 Å². The largest absolute Gasteiger partial charge is 0.497 e. The zero-order valence-electron chi connectivity index (χ0n) is 17.0. The van der Waals surface area contributed by atoms with Gasteiger partial charge in [-0.05, 0) is 43.3 Å². The van der Waals surface area contributed by atoms with Crippen LogP contribution < -0.4 is 30.2 Å². The zero-order chi connectivity index (χ0) is 21.8. The maximum Gasteiger partial charge on any atom is 0.319 e. The number of methoxy groups -OCH3 is 3. The topological polar surface area (TPSA) is 97.9 Å². The summed E-state index contributed by atoms with van der Waals surface area (Å²) in [7, 11) is 4.55. The van der Waals surface area contributed by atoms with Gasteiger partial charge in [-0.25, -0.2) is 4.79 Å². The molecule has 0 saturated carbocycles. The Morgan fingerprint density at radius 1 is 1.03 bits per heavy atom. The number of benzene rings is 2. The molecular formula is C21H22ClN3O5. The third-order valence-corrected chi connectivity index (χ3v) is 4.91. The zero-order valence-corrected chi connectivity index (χ0v) is 17.7. The minimum atomic E-state index is -0.769. The molecule has 158 valence electrons. The Labute approximate surface area is 179 Å². The number of hydrogen-bond donors (Lipinski definition) is 3. The lowest BCUT2D eigenvalue weighted by molar-refractivity contribution is -0.113. The Balaban J connectivity index is 2.05. The molecule has 1 unspecified atom stereocenters. The molecule has 30 heavy (non-hydrogen) atoms. The van der Waals surface area contributed by atoms with Gasteiger partial charge in [-0.3, -0.25) is 4.79 Å². The lowest BCUT2D eigenvalue weighted by atomic mass is 9.93. The van der Waals surface area contributed by atoms with E-state index in [1.54, 1.807) is 43.3 Å². The summed E-state index contributed by atoms with van der Waals surface area (Å²) in [5.74, 6) is 1.08. The number of urea groups is 1. The van der Waals surface area contributed by atoms with Gasteiger partial charge in [-0.2, -0.15) is 0 Å². The van der Waals surface area contributed by atoms with E-state index in [0.29, 0.717) is 44.8 Å². The van der Waals surface area contributed by atoms with E-state index >= 15 is 0 Å². The second-order valence-electron chi connectivity index (χ2n) is 6.48. The molecule has 9 heteroatoms. The number of allylic oxidation sites excluding steroid dienone is 1. The highest BCUT2D eigenvalue weighted by Gasteiger charge is 2.33. The minimum absolute atomic E-state index is 0.309. The number of amides is 3. The van der Waals surface area contributed by atoms with Crippen LogP contribution in [0, 0.1) is 0 Å². The summed E-state index contributed by atoms with van der Waals surface area (Å²) in [6, 6.07) is 8.87. The number of anilines is 1. The fourth-order valence-corrected chi connectivity index (χ4v) is 3.43. The number of nitrogens with one attached hydrogen (secondary N) is 3. The molecule has 3 rings (SSSR count). The van der Waals surface area contributed by atoms with Crippen LogP contribution in [0.5, 0.6) is 17.2 Å². The van der Waals surface area contributed by atoms with Crippen molar-refractivity contribution in [3.05, 3.63) is 58.3 Å². The Morgan fingerprint density at radius 3 is 2.40 bits per heavy atom. The second-order valence-corrected chi connectivity index (χ2v) is 6.91. The fourth-order valence-electron chi connectivity index (χ4n) is 3.26. The van der Waals surface area contributed by atoms with E-state index in [-0.39, 0.29) is 0 Å². The van der Waals surface area contributed by atoms with E-state index in [1.165, 1.54) is 21.3 Å². The standard InChI is InChI=1S/C21H22ClN3O5/c1-11-18(20(26)24-15-9-12(22)5-7-17(15)30-4)19(25-21(27)23-11)14-10-13(28-2)6-8-16(14)29-3/h5-10,19H,1-4H3,(H,24,26)(H2,23,25,27). The highest BCUT2D eigenvalue weighted by Crippen LogP contribution is 2.36. The summed E-state index contributed by atoms with van der Waals surface area (Å²) < 4.78 is 16.0. The molecule has 1 aliphatic rings. The summed E-state index contributed by atoms with van der Waals surface area (Å²) in [6.45, 7) is 1.66. The van der Waals surface area contributed by atoms with Gasteiger partial charge < -0.3 is 30.2 Å². The molecule has 0 aliphatic carbocycles. The quantitative estimate of drug-likeness (QED) is 0.648. The normalized spacial score (nSPS) is 15.8. The Bertz CT molecular complexity index is 1020. The molecule has 0 aromatic heterocycles. The van der Waals surface area contributed by atoms with Crippen molar-refractivity contribution in [3.63, 3.8) is 0 Å². The molecule has 3 amide bonds. The summed E-state index contributed by atoms with van der Waals surface area (Å²) >= 11 is 6.07. The lowest BCUT2D eigenvalue weighted by Gasteiger charge is -2.30. The van der Waals surface area contributed by atoms with E-state index in [9.17, 15) is 9.59 Å². The van der Waals surface area contributed by atoms with Crippen molar-refractivity contribution >= 4 is 29.2 Å². The van der Waals surface area contributed by atoms with Crippen LogP contribution in [-0.4, -0.2) is 33.3 Å². The smallest absolute Gasteiger partial charge is 0.319 e. The summed E-state index contributed by atoms with van der Waals surface area (Å²) in [5.41, 5.74) is 1.70. The average molecular weight is 432 g/mol. The number of rotatable bonds is 6. The first-order chi connectivity index (χ1) is 14.4. The Kier molecular flexibility index (Phi) is 6.37. The van der Waals surface area contributed by atoms with Crippen LogP contribution in [0.15, 0.2) is 47.7 Å². The average Bonchev–Trinajstić information content (AvgIpc) is 2.72. The van der Waals surface area contributed by atoms with Crippen LogP contribution in [0.1, 0.15) is 18.5 Å². The van der Waals surface area contributed by atoms with Gasteiger partial charge in [-0.1, -0.05) is 11.6 Å². The van der Waals surface area contributed by atoms with E-state index in [2.05, 4.69) is 16.0 Å². The van der Waals surface area contributed by atoms with Gasteiger partial charge in [0, 0.05) is 16.3 Å². The molecular weight excluding hydrogens is 410 g/mol. The first kappa shape index (κ1) is 21.3. The van der Waals surface area contributed by atoms with Gasteiger partial charge in [0.2, 0.25) is 0 Å². The highest BCUT2D eigenvalue weighted by atomic mass is 35.5. The third-order valence-electron chi connectivity index (χ3n) is 4.67. The van der Waals surface area contributed by atoms with Crippen LogP contribution in [0.4, 0.5) is 10.5 Å². The first-order valence-electron chi connectivity index (χ1n) is 9.03. The van der Waals surface area contributed by atoms with Crippen molar-refractivity contribution in [2.75, 3.05) is 26.6 Å². The van der Waals surface area contributed by atoms with E-state index in [0.717, 1.165) is 0 Å². The van der Waals surface area contributed by atoms with Gasteiger partial charge in [0.25, 0.3) is 5.91 Å². The Hall–Kier alpha value is -3.39. The molecule has 0 spiro atoms. The van der Waals surface area contributed by atoms with Gasteiger partial charge in [0.1, 0.15) is 17.2 Å². The number of ether oxygens (including phenoxy) is 3. The predicted molar refractivity (Wildman–Crippen MR) is 113 cm³/mol. The summed E-state index contributed by atoms with van der Waals surface area (Å²) in [4.78, 5) is 25.5. The Morgan fingerprint density at radius 2 is 1.73 bits per heavy atom. The van der Waals surface area contributed by atoms with Crippen LogP contribution in [0.3, 0.4) is 0 Å². The van der Waals surface area contributed by atoms with Gasteiger partial charge in [0.15, 0.2) is 0 Å². The molecule has 2 aromatic carbocycles. The van der Waals surface area contributed by atoms with Crippen LogP contribution in [0.25, 0.3) is 0 Å². The predicted octanol–water partition coefficient (Wildman–Crippen LogP) is 3.63. The number of halogens is 1. The molecule has 3 N–H and O–H groups in total. The first-order valence-corrected chi connectivity index (χ1v) is 9.40. The molecule has 0 saturated heterocycles. The molecule has 1 aliphatic heterocycles. The minimum Gasteiger partial charge on any atom is -0.497 e. The number of carbonyl (C=O) groups excluding carboxylic acids is 2. The van der Waals surface area contributed by atoms with Crippen molar-refractivity contribution in [1.82, 2.24) is 10.6 Å². The van der Waals surface area contributed by atoms with Crippen molar-refractivity contribution in [2.24, 2.45) is 0 Å². The fraction of sp³-hybridized carbons (Fsp3) is 0.238. The van der Waals surface area contributed by atoms with E-state index in [4.69, 9.17) is 25.8 Å². The molecule has 1 heterocycles. The monoisotopic (exact) mass is 431 g/mol. The molecule has 2 aromatic rings. The van der Waals surface area contributed by atoms with Crippen molar-refractivity contribution < 1.29 is 23.8 Å². The molecule has 0 bridgehead atoms. The van der Waals surface area contributed by atoms with Gasteiger partial charge >= 0.3 is 6.03 Å². The van der Waals surface area contributed by atoms with Crippen molar-refractivity contribution in [2.45, 2.75) is 13.0 Å². The molecule has 8 nitrogen and oxygen atoms in total. The SMILES string of the molecule is COc1ccc(OC)c(C2NC(=O)NC(C)=C2C(=O)Nc2cc(Cl)ccc2OC)c1. The molecule has 0 fully saturated rings. The number of carbonyl (C=O) groups is 2. The van der Waals surface area contributed by atoms with Gasteiger partial charge in [-0.15, -0.1) is 0 Å². The molecule has 0 radical (unpaired) electrons. The summed E-state index contributed by atoms with van der Waals surface area (Å²) in [5, 5.41) is 8.68. The van der Waals surface area contributed by atoms with E-state index in [1.807, 2.05) is 0 Å². The summed E-state index contributed by atoms with van der Waals surface area (Å²) in [6.07, 6.45) is 0. The third kappa shape index (κ3) is 4.28. The van der Waals surface area contributed by atoms with E-state index < -0.39 is 18.0 Å². The molecule has 1 atom stereocenters. The number of hydrogen-bond acceptors (Lipinski definition) is 5. The van der Waals surface area contributed by atoms with Crippen molar-refractivity contribution in [1.29, 1.82) is 0 Å². The van der Waals surface area contributed by atoms with Gasteiger partial charge in [0.05, 0.1) is 38.6 Å². The second kappa shape index (κ2) is 8.96. The van der Waals surface area contributed by atoms with Crippen LogP contribution in [-0.2, 0) is 4.79 Å². The lowest BCUT2D eigenvalue weighted by Crippen LogP contribution is -2.46. The maximum atomic E-state index is 13.3. The maximum absolute atomic E-state index is 13.3. The van der Waals surface area contributed by atoms with Crippen LogP contribution >= 0.6 is 11.6 Å².